The molecule has 3 heterocycles. The fourth-order valence-corrected chi connectivity index (χ4v) is 4.59. The number of para-hydroxylation sites is 1. The maximum Gasteiger partial charge on any atom is 0.274 e. The van der Waals surface area contributed by atoms with Crippen molar-refractivity contribution in [2.75, 3.05) is 25.5 Å². The average molecular weight is 461 g/mol. The first-order chi connectivity index (χ1) is 16.6. The lowest BCUT2D eigenvalue weighted by Gasteiger charge is -2.31. The van der Waals surface area contributed by atoms with E-state index in [1.165, 1.54) is 0 Å². The van der Waals surface area contributed by atoms with Gasteiger partial charge in [-0.05, 0) is 42.7 Å². The molecule has 1 aromatic heterocycles. The molecule has 2 aliphatic rings. The van der Waals surface area contributed by atoms with Crippen molar-refractivity contribution in [3.63, 3.8) is 0 Å². The lowest BCUT2D eigenvalue weighted by Crippen LogP contribution is -2.42. The predicted octanol–water partition coefficient (Wildman–Crippen LogP) is 3.65. The number of nitrogens with one attached hydrogen (secondary N) is 1. The lowest BCUT2D eigenvalue weighted by atomic mass is 9.95. The second-order valence-corrected chi connectivity index (χ2v) is 8.69. The van der Waals surface area contributed by atoms with Gasteiger partial charge in [-0.2, -0.15) is 0 Å². The molecule has 1 saturated heterocycles. The van der Waals surface area contributed by atoms with Crippen molar-refractivity contribution in [3.05, 3.63) is 77.9 Å². The van der Waals surface area contributed by atoms with Gasteiger partial charge < -0.3 is 24.3 Å². The maximum atomic E-state index is 13.2. The number of carbonyl (C=O) groups excluding carboxylic acids is 2. The molecule has 3 aromatic rings. The van der Waals surface area contributed by atoms with E-state index in [0.29, 0.717) is 44.8 Å². The highest BCUT2D eigenvalue weighted by Gasteiger charge is 2.32. The van der Waals surface area contributed by atoms with Crippen LogP contribution in [0.15, 0.2) is 60.9 Å². The van der Waals surface area contributed by atoms with Crippen LogP contribution in [0.3, 0.4) is 0 Å². The first-order valence-corrected chi connectivity index (χ1v) is 11.6. The Balaban J connectivity index is 1.19. The Morgan fingerprint density at radius 2 is 1.79 bits per heavy atom. The lowest BCUT2D eigenvalue weighted by molar-refractivity contribution is -0.121. The third-order valence-corrected chi connectivity index (χ3v) is 6.61. The number of hydrogen-bond donors (Lipinski definition) is 1. The number of aromatic nitrogens is 2. The van der Waals surface area contributed by atoms with Crippen LogP contribution in [-0.2, 0) is 22.7 Å². The summed E-state index contributed by atoms with van der Waals surface area (Å²) in [5.74, 6) is 0.614. The molecule has 0 saturated carbocycles. The van der Waals surface area contributed by atoms with E-state index in [-0.39, 0.29) is 23.8 Å². The first kappa shape index (κ1) is 22.2. The monoisotopic (exact) mass is 460 g/mol. The van der Waals surface area contributed by atoms with E-state index in [2.05, 4.69) is 10.3 Å². The molecule has 2 amide bonds. The summed E-state index contributed by atoms with van der Waals surface area (Å²) >= 11 is 0. The molecule has 0 radical (unpaired) electrons. The fraction of sp³-hybridized carbons (Fsp3) is 0.346. The van der Waals surface area contributed by atoms with Crippen LogP contribution in [0.1, 0.15) is 40.7 Å². The van der Waals surface area contributed by atoms with Crippen LogP contribution in [0.2, 0.25) is 0 Å². The van der Waals surface area contributed by atoms with E-state index in [1.54, 1.807) is 18.3 Å². The summed E-state index contributed by atoms with van der Waals surface area (Å²) in [6.07, 6.45) is 2.89. The fourth-order valence-electron chi connectivity index (χ4n) is 4.59. The highest BCUT2D eigenvalue weighted by Crippen LogP contribution is 2.30. The smallest absolute Gasteiger partial charge is 0.274 e. The quantitative estimate of drug-likeness (QED) is 0.628. The molecule has 1 atom stereocenters. The van der Waals surface area contributed by atoms with E-state index in [1.807, 2.05) is 59.2 Å². The van der Waals surface area contributed by atoms with E-state index >= 15 is 0 Å². The number of anilines is 1. The van der Waals surface area contributed by atoms with E-state index in [0.717, 1.165) is 22.7 Å². The molecule has 8 heteroatoms. The highest BCUT2D eigenvalue weighted by molar-refractivity contribution is 5.95. The molecule has 2 aliphatic heterocycles. The zero-order valence-corrected chi connectivity index (χ0v) is 19.1. The van der Waals surface area contributed by atoms with Gasteiger partial charge in [-0.3, -0.25) is 9.59 Å². The molecule has 0 spiro atoms. The van der Waals surface area contributed by atoms with Gasteiger partial charge in [-0.15, -0.1) is 0 Å². The summed E-state index contributed by atoms with van der Waals surface area (Å²) in [5.41, 5.74) is 3.10. The average Bonchev–Trinajstić information content (AvgIpc) is 3.32. The Morgan fingerprint density at radius 1 is 1.06 bits per heavy atom. The number of imidazole rings is 1. The number of benzene rings is 2. The van der Waals surface area contributed by atoms with E-state index in [4.69, 9.17) is 9.47 Å². The van der Waals surface area contributed by atoms with Crippen molar-refractivity contribution in [3.8, 4) is 5.75 Å². The number of hydrogen-bond acceptors (Lipinski definition) is 5. The number of likely N-dealkylation sites (tertiary alicyclic amines) is 1. The van der Waals surface area contributed by atoms with Crippen LogP contribution < -0.4 is 10.1 Å². The molecule has 0 unspecified atom stereocenters. The third-order valence-electron chi connectivity index (χ3n) is 6.61. The molecule has 0 bridgehead atoms. The van der Waals surface area contributed by atoms with Crippen molar-refractivity contribution in [1.29, 1.82) is 0 Å². The van der Waals surface area contributed by atoms with Gasteiger partial charge in [0.15, 0.2) is 5.69 Å². The standard InChI is InChI=1S/C26H28N4O4/c1-33-21-9-7-18(8-10-21)23-15-30-17-27-24(22(30)16-34-23)26(32)29-13-11-19(12-14-29)25(31)28-20-5-3-2-4-6-20/h2-10,17,19,23H,11-16H2,1H3,(H,28,31)/t23-/m0/s1. The summed E-state index contributed by atoms with van der Waals surface area (Å²) in [6.45, 7) is 2.00. The van der Waals surface area contributed by atoms with E-state index < -0.39 is 0 Å². The Bertz CT molecular complexity index is 1150. The largest absolute Gasteiger partial charge is 0.497 e. The Kier molecular flexibility index (Phi) is 6.31. The minimum absolute atomic E-state index is 0.00986. The number of piperidine rings is 1. The summed E-state index contributed by atoms with van der Waals surface area (Å²) in [7, 11) is 1.64. The SMILES string of the molecule is COc1ccc([C@@H]2Cn3cnc(C(=O)N4CCC(C(=O)Nc5ccccc5)CC4)c3CO2)cc1. The first-order valence-electron chi connectivity index (χ1n) is 11.6. The van der Waals surface area contributed by atoms with Crippen molar-refractivity contribution < 1.29 is 19.1 Å². The normalized spacial score (nSPS) is 18.3. The predicted molar refractivity (Wildman–Crippen MR) is 126 cm³/mol. The number of methoxy groups -OCH3 is 1. The van der Waals surface area contributed by atoms with Gasteiger partial charge in [0.1, 0.15) is 11.9 Å². The Hall–Kier alpha value is -3.65. The van der Waals surface area contributed by atoms with Gasteiger partial charge in [0.05, 0.1) is 32.3 Å². The number of ether oxygens (including phenoxy) is 2. The highest BCUT2D eigenvalue weighted by atomic mass is 16.5. The van der Waals surface area contributed by atoms with Gasteiger partial charge in [0.25, 0.3) is 5.91 Å². The molecular weight excluding hydrogens is 432 g/mol. The zero-order chi connectivity index (χ0) is 23.5. The molecule has 1 fully saturated rings. The summed E-state index contributed by atoms with van der Waals surface area (Å²) in [4.78, 5) is 32.0. The minimum Gasteiger partial charge on any atom is -0.497 e. The Morgan fingerprint density at radius 3 is 2.50 bits per heavy atom. The molecule has 176 valence electrons. The van der Waals surface area contributed by atoms with Gasteiger partial charge >= 0.3 is 0 Å². The Labute approximate surface area is 198 Å². The van der Waals surface area contributed by atoms with Gasteiger partial charge in [-0.1, -0.05) is 30.3 Å². The number of carbonyl (C=O) groups is 2. The maximum absolute atomic E-state index is 13.2. The van der Waals surface area contributed by atoms with Crippen LogP contribution in [0.5, 0.6) is 5.75 Å². The number of fused-ring (bicyclic) bond motifs is 1. The zero-order valence-electron chi connectivity index (χ0n) is 19.1. The molecule has 5 rings (SSSR count). The molecule has 0 aliphatic carbocycles. The van der Waals surface area contributed by atoms with Crippen LogP contribution in [-0.4, -0.2) is 46.5 Å². The van der Waals surface area contributed by atoms with Gasteiger partial charge in [0, 0.05) is 24.7 Å². The second kappa shape index (κ2) is 9.69. The van der Waals surface area contributed by atoms with Crippen molar-refractivity contribution in [1.82, 2.24) is 14.5 Å². The van der Waals surface area contributed by atoms with Crippen molar-refractivity contribution in [2.45, 2.75) is 32.1 Å². The molecular formula is C26H28N4O4. The third kappa shape index (κ3) is 4.54. The van der Waals surface area contributed by atoms with E-state index in [9.17, 15) is 9.59 Å². The number of rotatable bonds is 5. The molecule has 2 aromatic carbocycles. The van der Waals surface area contributed by atoms with Crippen LogP contribution in [0, 0.1) is 5.92 Å². The van der Waals surface area contributed by atoms with Gasteiger partial charge in [-0.25, -0.2) is 4.98 Å². The molecule has 8 nitrogen and oxygen atoms in total. The van der Waals surface area contributed by atoms with Crippen molar-refractivity contribution >= 4 is 17.5 Å². The number of nitrogens with zero attached hydrogens (tertiary/aromatic N) is 3. The topological polar surface area (TPSA) is 85.7 Å². The van der Waals surface area contributed by atoms with Crippen LogP contribution in [0.4, 0.5) is 5.69 Å². The summed E-state index contributed by atoms with van der Waals surface area (Å²) < 4.78 is 13.3. The van der Waals surface area contributed by atoms with Crippen molar-refractivity contribution in [2.24, 2.45) is 5.92 Å². The minimum atomic E-state index is -0.103. The van der Waals surface area contributed by atoms with Crippen LogP contribution in [0.25, 0.3) is 0 Å². The molecule has 1 N–H and O–H groups in total. The second-order valence-electron chi connectivity index (χ2n) is 8.69. The van der Waals surface area contributed by atoms with Crippen LogP contribution >= 0.6 is 0 Å². The number of amides is 2. The molecule has 34 heavy (non-hydrogen) atoms. The van der Waals surface area contributed by atoms with Gasteiger partial charge in [0.2, 0.25) is 5.91 Å². The summed E-state index contributed by atoms with van der Waals surface area (Å²) in [6, 6.07) is 17.3. The summed E-state index contributed by atoms with van der Waals surface area (Å²) in [5, 5.41) is 2.97.